The first kappa shape index (κ1) is 15.9. The SMILES string of the molecule is CC(=O)Nc1cc(S(=O)(=O)NC(CN)C2CC2)ccc1F. The summed E-state index contributed by atoms with van der Waals surface area (Å²) in [5.74, 6) is -0.907. The van der Waals surface area contributed by atoms with Gasteiger partial charge in [0.2, 0.25) is 15.9 Å². The Balaban J connectivity index is 2.24. The lowest BCUT2D eigenvalue weighted by Crippen LogP contribution is -2.41. The molecular formula is C13H18FN3O3S. The molecule has 8 heteroatoms. The average molecular weight is 315 g/mol. The monoisotopic (exact) mass is 315 g/mol. The summed E-state index contributed by atoms with van der Waals surface area (Å²) in [6.45, 7) is 1.43. The van der Waals surface area contributed by atoms with Crippen LogP contribution in [0.3, 0.4) is 0 Å². The smallest absolute Gasteiger partial charge is 0.240 e. The van der Waals surface area contributed by atoms with Gasteiger partial charge in [-0.3, -0.25) is 4.79 Å². The van der Waals surface area contributed by atoms with Crippen molar-refractivity contribution in [2.24, 2.45) is 11.7 Å². The number of anilines is 1. The van der Waals surface area contributed by atoms with Gasteiger partial charge in [0.1, 0.15) is 5.82 Å². The molecule has 4 N–H and O–H groups in total. The van der Waals surface area contributed by atoms with Crippen LogP contribution < -0.4 is 15.8 Å². The number of hydrogen-bond acceptors (Lipinski definition) is 4. The van der Waals surface area contributed by atoms with Gasteiger partial charge in [0.25, 0.3) is 0 Å². The van der Waals surface area contributed by atoms with Crippen LogP contribution in [0.2, 0.25) is 0 Å². The molecule has 1 aliphatic rings. The van der Waals surface area contributed by atoms with Crippen molar-refractivity contribution in [3.05, 3.63) is 24.0 Å². The van der Waals surface area contributed by atoms with Crippen molar-refractivity contribution in [3.63, 3.8) is 0 Å². The third-order valence-corrected chi connectivity index (χ3v) is 4.80. The lowest BCUT2D eigenvalue weighted by molar-refractivity contribution is -0.114. The van der Waals surface area contributed by atoms with Crippen LogP contribution in [0.1, 0.15) is 19.8 Å². The predicted octanol–water partition coefficient (Wildman–Crippen LogP) is 0.800. The van der Waals surface area contributed by atoms with Crippen molar-refractivity contribution in [2.75, 3.05) is 11.9 Å². The number of amides is 1. The van der Waals surface area contributed by atoms with Crippen molar-refractivity contribution < 1.29 is 17.6 Å². The summed E-state index contributed by atoms with van der Waals surface area (Å²) in [5.41, 5.74) is 5.41. The first-order valence-corrected chi connectivity index (χ1v) is 8.11. The van der Waals surface area contributed by atoms with Gasteiger partial charge in [-0.15, -0.1) is 0 Å². The topological polar surface area (TPSA) is 101 Å². The Morgan fingerprint density at radius 1 is 1.48 bits per heavy atom. The number of sulfonamides is 1. The lowest BCUT2D eigenvalue weighted by atomic mass is 10.2. The molecule has 0 spiro atoms. The van der Waals surface area contributed by atoms with E-state index in [9.17, 15) is 17.6 Å². The fraction of sp³-hybridized carbons (Fsp3) is 0.462. The number of halogens is 1. The highest BCUT2D eigenvalue weighted by atomic mass is 32.2. The zero-order chi connectivity index (χ0) is 15.6. The minimum atomic E-state index is -3.80. The van der Waals surface area contributed by atoms with Gasteiger partial charge in [-0.05, 0) is 37.0 Å². The molecule has 0 saturated heterocycles. The van der Waals surface area contributed by atoms with E-state index < -0.39 is 21.7 Å². The number of carbonyl (C=O) groups excluding carboxylic acids is 1. The molecule has 0 heterocycles. The molecule has 116 valence electrons. The highest BCUT2D eigenvalue weighted by molar-refractivity contribution is 7.89. The fourth-order valence-electron chi connectivity index (χ4n) is 2.06. The lowest BCUT2D eigenvalue weighted by Gasteiger charge is -2.16. The number of hydrogen-bond donors (Lipinski definition) is 3. The van der Waals surface area contributed by atoms with Crippen molar-refractivity contribution >= 4 is 21.6 Å². The predicted molar refractivity (Wildman–Crippen MR) is 76.6 cm³/mol. The fourth-order valence-corrected chi connectivity index (χ4v) is 3.40. The van der Waals surface area contributed by atoms with E-state index in [-0.39, 0.29) is 29.1 Å². The summed E-state index contributed by atoms with van der Waals surface area (Å²) < 4.78 is 40.6. The summed E-state index contributed by atoms with van der Waals surface area (Å²) in [6.07, 6.45) is 1.90. The highest BCUT2D eigenvalue weighted by Crippen LogP contribution is 2.33. The second-order valence-corrected chi connectivity index (χ2v) is 6.84. The highest BCUT2D eigenvalue weighted by Gasteiger charge is 2.33. The molecule has 1 unspecified atom stereocenters. The Morgan fingerprint density at radius 3 is 2.67 bits per heavy atom. The van der Waals surface area contributed by atoms with Crippen LogP contribution in [-0.4, -0.2) is 26.9 Å². The third-order valence-electron chi connectivity index (χ3n) is 3.31. The summed E-state index contributed by atoms with van der Waals surface area (Å²) in [7, 11) is -3.80. The number of nitrogens with one attached hydrogen (secondary N) is 2. The number of benzene rings is 1. The molecule has 1 fully saturated rings. The van der Waals surface area contributed by atoms with Gasteiger partial charge >= 0.3 is 0 Å². The van der Waals surface area contributed by atoms with E-state index in [1.165, 1.54) is 6.92 Å². The summed E-state index contributed by atoms with van der Waals surface area (Å²) in [4.78, 5) is 10.9. The van der Waals surface area contributed by atoms with Crippen LogP contribution in [0.15, 0.2) is 23.1 Å². The molecule has 0 aromatic heterocycles. The number of nitrogens with two attached hydrogens (primary N) is 1. The maximum absolute atomic E-state index is 13.5. The quantitative estimate of drug-likeness (QED) is 0.722. The molecule has 1 aliphatic carbocycles. The van der Waals surface area contributed by atoms with Crippen LogP contribution in [0.25, 0.3) is 0 Å². The normalized spacial score (nSPS) is 16.5. The largest absolute Gasteiger partial charge is 0.329 e. The molecular weight excluding hydrogens is 297 g/mol. The molecule has 0 bridgehead atoms. The summed E-state index contributed by atoms with van der Waals surface area (Å²) in [5, 5.41) is 2.26. The van der Waals surface area contributed by atoms with Gasteiger partial charge in [-0.25, -0.2) is 17.5 Å². The maximum atomic E-state index is 13.5. The zero-order valence-electron chi connectivity index (χ0n) is 11.6. The van der Waals surface area contributed by atoms with Crippen LogP contribution in [0.4, 0.5) is 10.1 Å². The van der Waals surface area contributed by atoms with Crippen molar-refractivity contribution in [2.45, 2.75) is 30.7 Å². The van der Waals surface area contributed by atoms with Crippen molar-refractivity contribution in [3.8, 4) is 0 Å². The Labute approximate surface area is 123 Å². The van der Waals surface area contributed by atoms with Crippen molar-refractivity contribution in [1.29, 1.82) is 0 Å². The standard InChI is InChI=1S/C13H18FN3O3S/c1-8(18)16-12-6-10(4-5-11(12)14)21(19,20)17-13(7-15)9-2-3-9/h4-6,9,13,17H,2-3,7,15H2,1H3,(H,16,18). The van der Waals surface area contributed by atoms with Crippen LogP contribution >= 0.6 is 0 Å². The van der Waals surface area contributed by atoms with E-state index in [1.807, 2.05) is 0 Å². The van der Waals surface area contributed by atoms with E-state index >= 15 is 0 Å². The molecule has 0 radical (unpaired) electrons. The van der Waals surface area contributed by atoms with Gasteiger partial charge in [0.05, 0.1) is 10.6 Å². The van der Waals surface area contributed by atoms with E-state index in [4.69, 9.17) is 5.73 Å². The number of carbonyl (C=O) groups is 1. The molecule has 1 saturated carbocycles. The van der Waals surface area contributed by atoms with Crippen LogP contribution in [0.5, 0.6) is 0 Å². The van der Waals surface area contributed by atoms with E-state index in [0.717, 1.165) is 31.0 Å². The minimum Gasteiger partial charge on any atom is -0.329 e. The average Bonchev–Trinajstić information content (AvgIpc) is 3.22. The van der Waals surface area contributed by atoms with Gasteiger partial charge in [0.15, 0.2) is 0 Å². The van der Waals surface area contributed by atoms with Gasteiger partial charge in [0, 0.05) is 19.5 Å². The second-order valence-electron chi connectivity index (χ2n) is 5.12. The minimum absolute atomic E-state index is 0.105. The van der Waals surface area contributed by atoms with Crippen molar-refractivity contribution in [1.82, 2.24) is 4.72 Å². The Morgan fingerprint density at radius 2 is 2.14 bits per heavy atom. The third kappa shape index (κ3) is 3.99. The van der Waals surface area contributed by atoms with Gasteiger partial charge < -0.3 is 11.1 Å². The summed E-state index contributed by atoms with van der Waals surface area (Å²) >= 11 is 0. The van der Waals surface area contributed by atoms with E-state index in [0.29, 0.717) is 0 Å². The van der Waals surface area contributed by atoms with E-state index in [1.54, 1.807) is 0 Å². The maximum Gasteiger partial charge on any atom is 0.240 e. The second kappa shape index (κ2) is 6.08. The molecule has 2 rings (SSSR count). The molecule has 21 heavy (non-hydrogen) atoms. The molecule has 1 atom stereocenters. The molecule has 1 amide bonds. The molecule has 6 nitrogen and oxygen atoms in total. The Hall–Kier alpha value is -1.51. The first-order chi connectivity index (χ1) is 9.83. The van der Waals surface area contributed by atoms with E-state index in [2.05, 4.69) is 10.0 Å². The molecule has 0 aliphatic heterocycles. The van der Waals surface area contributed by atoms with Gasteiger partial charge in [-0.1, -0.05) is 0 Å². The Kier molecular flexibility index (Phi) is 4.60. The zero-order valence-corrected chi connectivity index (χ0v) is 12.4. The molecule has 1 aromatic rings. The van der Waals surface area contributed by atoms with Crippen LogP contribution in [-0.2, 0) is 14.8 Å². The first-order valence-electron chi connectivity index (χ1n) is 6.63. The molecule has 1 aromatic carbocycles. The Bertz CT molecular complexity index is 644. The van der Waals surface area contributed by atoms with Crippen LogP contribution in [0, 0.1) is 11.7 Å². The summed E-state index contributed by atoms with van der Waals surface area (Å²) in [6, 6.07) is 2.95. The number of rotatable bonds is 6. The van der Waals surface area contributed by atoms with Gasteiger partial charge in [-0.2, -0.15) is 0 Å².